The van der Waals surface area contributed by atoms with Crippen molar-refractivity contribution in [3.8, 4) is 11.1 Å². The Bertz CT molecular complexity index is 2230. The number of aliphatic carboxylic acids is 1. The van der Waals surface area contributed by atoms with Gasteiger partial charge in [-0.25, -0.2) is 4.79 Å². The maximum atomic E-state index is 12.4. The summed E-state index contributed by atoms with van der Waals surface area (Å²) in [5, 5.41) is 27.1. The SMILES string of the molecule is C.C.CCC[CH2][Sn](/[CH]=C/CNC(=O)/C=C/[C@@H](C)[C@H](O)C(C)C)([CH2]CCC)[CH2]CCC.CCC[CH2][Sn](/[CH]=C/CNC(=O)/C=C/[C@@H](C)[C@H](OC(=O)[C@@H](C)N)C(C)C)([CH2]CCC)[CH2]CCC.C[C@@H](NC(=O)OCC1c2ccccc2-c2ccccc21)C(=O)O. The Morgan fingerprint density at radius 1 is 0.581 bits per heavy atom. The minimum absolute atomic E-state index is 0. The molecular formula is C71H124N4O9Sn2. The molecule has 490 valence electrons. The number of fused-ring (bicyclic) bond motifs is 3. The number of carbonyl (C=O) groups excluding carboxylic acids is 4. The van der Waals surface area contributed by atoms with Crippen molar-refractivity contribution in [1.82, 2.24) is 16.0 Å². The van der Waals surface area contributed by atoms with Crippen molar-refractivity contribution in [3.63, 3.8) is 0 Å². The molecule has 6 atom stereocenters. The number of unbranched alkanes of at least 4 members (excludes halogenated alkanes) is 6. The van der Waals surface area contributed by atoms with Gasteiger partial charge in [-0.1, -0.05) is 63.4 Å². The number of benzene rings is 2. The number of nitrogens with one attached hydrogen (secondary N) is 3. The van der Waals surface area contributed by atoms with E-state index in [2.05, 4.69) is 90.0 Å². The molecule has 0 aliphatic heterocycles. The molecule has 1 aliphatic carbocycles. The van der Waals surface area contributed by atoms with E-state index in [1.54, 1.807) is 19.1 Å². The number of carboxylic acids is 1. The van der Waals surface area contributed by atoms with Crippen LogP contribution in [-0.4, -0.2) is 121 Å². The first kappa shape index (κ1) is 84.1. The average molecular weight is 1420 g/mol. The third kappa shape index (κ3) is 33.0. The molecule has 1 aliphatic rings. The van der Waals surface area contributed by atoms with Gasteiger partial charge < -0.3 is 20.9 Å². The van der Waals surface area contributed by atoms with Gasteiger partial charge >= 0.3 is 388 Å². The molecule has 13 nitrogen and oxygen atoms in total. The van der Waals surface area contributed by atoms with Crippen molar-refractivity contribution in [2.45, 2.75) is 246 Å². The monoisotopic (exact) mass is 1420 g/mol. The second-order valence-corrected chi connectivity index (χ2v) is 50.3. The van der Waals surface area contributed by atoms with Crippen LogP contribution in [0.15, 0.2) is 93.2 Å². The summed E-state index contributed by atoms with van der Waals surface area (Å²) in [4.78, 5) is 58.8. The number of rotatable bonds is 38. The molecular weight excluding hydrogens is 1290 g/mol. The van der Waals surface area contributed by atoms with Gasteiger partial charge in [-0.05, 0) is 36.1 Å². The first-order valence-corrected chi connectivity index (χ1v) is 47.7. The number of carboxylic acid groups (broad SMARTS) is 1. The Morgan fingerprint density at radius 3 is 1.29 bits per heavy atom. The molecule has 0 spiro atoms. The van der Waals surface area contributed by atoms with Crippen LogP contribution in [0.4, 0.5) is 4.79 Å². The summed E-state index contributed by atoms with van der Waals surface area (Å²) in [5.41, 5.74) is 10.2. The maximum Gasteiger partial charge on any atom is 0.407 e. The molecule has 0 fully saturated rings. The zero-order chi connectivity index (χ0) is 63.1. The molecule has 2 aromatic carbocycles. The van der Waals surface area contributed by atoms with Gasteiger partial charge in [-0.15, -0.1) is 0 Å². The predicted octanol–water partition coefficient (Wildman–Crippen LogP) is 16.7. The van der Waals surface area contributed by atoms with Crippen LogP contribution in [0, 0.1) is 23.7 Å². The standard InChI is InChI=1S/C18H17NO4.C15H25N2O3.C12H20NO2.6C4H9.2CH4.2Sn/c1-11(17(20)21)19-18(22)23-10-16-14-8-4-2-6-12(14)13-7-3-5-9-15(13)16;1-6-9-17-13(18)8-7-11(4)14(10(2)3)20-15(19)12(5)16;1-5-8-13-11(14)7-6-10(4)12(15)9(2)3;6*1-3-4-2;;;;/h2-9,11,16H,10H2,1H3,(H,19,22)(H,20,21);1,6-8,10-12,14H,9,16H2,2-5H3,(H,17,18);1,5-7,9-10,12,15H,8H2,2-4H3,(H,13,14);6*1,3-4H2,2H3;2*1H4;;/b;6-1?,8-7+;5-1?,7-6+;;;;;;;;;;/t11-;11-,12-,14-;10-,12-;;;;;;;;;;/m111........../s1. The van der Waals surface area contributed by atoms with Gasteiger partial charge in [0.2, 0.25) is 0 Å². The van der Waals surface area contributed by atoms with E-state index in [4.69, 9.17) is 20.3 Å². The summed E-state index contributed by atoms with van der Waals surface area (Å²) >= 11 is -4.52. The Morgan fingerprint density at radius 2 is 0.953 bits per heavy atom. The molecule has 7 N–H and O–H groups in total. The zero-order valence-electron chi connectivity index (χ0n) is 54.6. The summed E-state index contributed by atoms with van der Waals surface area (Å²) in [6.07, 6.45) is 25.6. The number of carbonyl (C=O) groups is 5. The number of hydrogen-bond acceptors (Lipinski definition) is 9. The van der Waals surface area contributed by atoms with Crippen LogP contribution in [0.5, 0.6) is 0 Å². The minimum atomic E-state index is -2.29. The summed E-state index contributed by atoms with van der Waals surface area (Å²) in [6.45, 7) is 30.0. The van der Waals surface area contributed by atoms with Crippen molar-refractivity contribution in [2.24, 2.45) is 29.4 Å². The third-order valence-electron chi connectivity index (χ3n) is 16.1. The van der Waals surface area contributed by atoms with Crippen LogP contribution in [-0.2, 0) is 28.7 Å². The molecule has 0 aromatic heterocycles. The van der Waals surface area contributed by atoms with E-state index in [0.29, 0.717) is 13.1 Å². The number of amides is 3. The second kappa shape index (κ2) is 48.0. The van der Waals surface area contributed by atoms with Crippen LogP contribution in [0.2, 0.25) is 26.6 Å². The molecule has 0 bridgehead atoms. The van der Waals surface area contributed by atoms with Gasteiger partial charge in [0.05, 0.1) is 0 Å². The number of alkyl carbamates (subject to hydrolysis) is 1. The van der Waals surface area contributed by atoms with Crippen LogP contribution >= 0.6 is 0 Å². The van der Waals surface area contributed by atoms with Crippen LogP contribution in [0.3, 0.4) is 0 Å². The number of ether oxygens (including phenoxy) is 2. The van der Waals surface area contributed by atoms with Crippen molar-refractivity contribution in [1.29, 1.82) is 0 Å². The van der Waals surface area contributed by atoms with Gasteiger partial charge in [-0.2, -0.15) is 0 Å². The van der Waals surface area contributed by atoms with Gasteiger partial charge in [-0.3, -0.25) is 4.79 Å². The number of hydrogen-bond donors (Lipinski definition) is 6. The summed E-state index contributed by atoms with van der Waals surface area (Å²) in [6, 6.07) is 14.4. The van der Waals surface area contributed by atoms with Gasteiger partial charge in [0.15, 0.2) is 0 Å². The molecule has 0 saturated heterocycles. The van der Waals surface area contributed by atoms with Gasteiger partial charge in [0, 0.05) is 5.92 Å². The van der Waals surface area contributed by atoms with E-state index >= 15 is 0 Å². The number of nitrogens with two attached hydrogens (primary N) is 1. The maximum absolute atomic E-state index is 12.4. The fourth-order valence-electron chi connectivity index (χ4n) is 10.8. The first-order valence-electron chi connectivity index (χ1n) is 32.3. The van der Waals surface area contributed by atoms with Crippen LogP contribution in [0.1, 0.15) is 206 Å². The zero-order valence-corrected chi connectivity index (χ0v) is 60.3. The normalized spacial score (nSPS) is 14.3. The predicted molar refractivity (Wildman–Crippen MR) is 369 cm³/mol. The van der Waals surface area contributed by atoms with E-state index in [1.807, 2.05) is 90.1 Å². The van der Waals surface area contributed by atoms with Crippen LogP contribution in [0.25, 0.3) is 11.1 Å². The van der Waals surface area contributed by atoms with E-state index < -0.39 is 73.0 Å². The Kier molecular flexibility index (Phi) is 46.9. The Balaban J connectivity index is 0. The molecule has 0 heterocycles. The van der Waals surface area contributed by atoms with Crippen molar-refractivity contribution < 1.29 is 43.7 Å². The molecule has 0 saturated carbocycles. The number of aliphatic hydroxyl groups is 1. The molecule has 3 amide bonds. The first-order chi connectivity index (χ1) is 40.0. The second-order valence-electron chi connectivity index (χ2n) is 24.3. The van der Waals surface area contributed by atoms with E-state index in [1.165, 1.54) is 111 Å². The molecule has 2 aromatic rings. The number of aliphatic hydroxyl groups excluding tert-OH is 1. The molecule has 3 rings (SSSR count). The fraction of sp³-hybridized carbons (Fsp3) is 0.648. The molecule has 0 radical (unpaired) electrons. The fourth-order valence-corrected chi connectivity index (χ4v) is 39.5. The van der Waals surface area contributed by atoms with Crippen molar-refractivity contribution in [2.75, 3.05) is 19.7 Å². The summed E-state index contributed by atoms with van der Waals surface area (Å²) in [5.74, 6) is -1.47. The van der Waals surface area contributed by atoms with Crippen LogP contribution < -0.4 is 21.7 Å². The molecule has 15 heteroatoms. The van der Waals surface area contributed by atoms with E-state index in [9.17, 15) is 29.1 Å². The average Bonchev–Trinajstić information content (AvgIpc) is 2.34. The smallest absolute Gasteiger partial charge is 0.407 e. The van der Waals surface area contributed by atoms with Crippen molar-refractivity contribution >= 4 is 66.6 Å². The number of esters is 1. The Hall–Kier alpha value is -3.93. The largest absolute Gasteiger partial charge is 0.480 e. The molecule has 86 heavy (non-hydrogen) atoms. The molecule has 0 unspecified atom stereocenters. The third-order valence-corrected chi connectivity index (χ3v) is 44.6. The topological polar surface area (TPSA) is 206 Å². The summed E-state index contributed by atoms with van der Waals surface area (Å²) in [7, 11) is 0. The summed E-state index contributed by atoms with van der Waals surface area (Å²) < 4.78 is 24.7. The Labute approximate surface area is 532 Å². The minimum Gasteiger partial charge on any atom is -0.480 e. The van der Waals surface area contributed by atoms with E-state index in [0.717, 1.165) is 22.3 Å². The quantitative estimate of drug-likeness (QED) is 0.0213. The van der Waals surface area contributed by atoms with E-state index in [-0.39, 0.29) is 69.0 Å². The van der Waals surface area contributed by atoms with Gasteiger partial charge in [0.1, 0.15) is 12.6 Å². The van der Waals surface area contributed by atoms with Gasteiger partial charge in [0.25, 0.3) is 0 Å². The van der Waals surface area contributed by atoms with Crippen molar-refractivity contribution in [3.05, 3.63) is 104 Å².